The lowest BCUT2D eigenvalue weighted by Gasteiger charge is -2.10. The first-order chi connectivity index (χ1) is 10.9. The number of hydrogen-bond acceptors (Lipinski definition) is 3. The fourth-order valence-electron chi connectivity index (χ4n) is 2.39. The van der Waals surface area contributed by atoms with Crippen molar-refractivity contribution in [2.45, 2.75) is 16.7 Å². The van der Waals surface area contributed by atoms with Crippen molar-refractivity contribution in [1.29, 1.82) is 0 Å². The summed E-state index contributed by atoms with van der Waals surface area (Å²) in [6.07, 6.45) is 2.97. The Balaban J connectivity index is 2.32. The molecule has 0 saturated heterocycles. The third-order valence-corrected chi connectivity index (χ3v) is 6.06. The quantitative estimate of drug-likeness (QED) is 0.663. The van der Waals surface area contributed by atoms with Gasteiger partial charge in [0.25, 0.3) is 10.0 Å². The normalized spacial score (nSPS) is 12.0. The second-order valence-corrected chi connectivity index (χ2v) is 7.73. The third-order valence-electron chi connectivity index (χ3n) is 3.59. The number of aryl methyl sites for hydroxylation is 1. The maximum absolute atomic E-state index is 14.2. The lowest BCUT2D eigenvalue weighted by atomic mass is 10.2. The van der Waals surface area contributed by atoms with Crippen molar-refractivity contribution in [3.8, 4) is 0 Å². The highest BCUT2D eigenvalue weighted by Gasteiger charge is 2.23. The van der Waals surface area contributed by atoms with E-state index in [4.69, 9.17) is 0 Å². The van der Waals surface area contributed by atoms with Gasteiger partial charge in [-0.2, -0.15) is 0 Å². The highest BCUT2D eigenvalue weighted by Crippen LogP contribution is 2.33. The van der Waals surface area contributed by atoms with E-state index in [1.807, 2.05) is 6.92 Å². The predicted octanol–water partition coefficient (Wildman–Crippen LogP) is 4.19. The largest absolute Gasteiger partial charge is 0.268 e. The molecule has 2 aromatic carbocycles. The Labute approximate surface area is 137 Å². The van der Waals surface area contributed by atoms with Crippen LogP contribution in [0.15, 0.2) is 52.4 Å². The molecule has 3 aromatic rings. The number of halogens is 2. The molecule has 7 heteroatoms. The molecule has 0 radical (unpaired) electrons. The molecule has 0 spiro atoms. The highest BCUT2D eigenvalue weighted by molar-refractivity contribution is 7.98. The Morgan fingerprint density at radius 1 is 1.09 bits per heavy atom. The summed E-state index contributed by atoms with van der Waals surface area (Å²) in [5, 5.41) is 0.368. The van der Waals surface area contributed by atoms with Crippen molar-refractivity contribution in [2.75, 3.05) is 6.26 Å². The third kappa shape index (κ3) is 2.53. The zero-order valence-electron chi connectivity index (χ0n) is 12.4. The molecule has 1 aromatic heterocycles. The molecule has 0 aliphatic rings. The molecule has 0 atom stereocenters. The minimum atomic E-state index is -4.00. The van der Waals surface area contributed by atoms with Crippen LogP contribution in [0.1, 0.15) is 5.56 Å². The summed E-state index contributed by atoms with van der Waals surface area (Å²) in [5.41, 5.74) is 0.637. The van der Waals surface area contributed by atoms with Gasteiger partial charge < -0.3 is 0 Å². The summed E-state index contributed by atoms with van der Waals surface area (Å²) in [6.45, 7) is 1.83. The Morgan fingerprint density at radius 3 is 2.35 bits per heavy atom. The molecule has 0 amide bonds. The SMILES string of the molecule is CSc1cc(F)c(F)c2c1ccn2S(=O)(=O)c1ccc(C)cc1. The average molecular weight is 353 g/mol. The topological polar surface area (TPSA) is 39.1 Å². The molecule has 0 N–H and O–H groups in total. The fraction of sp³-hybridized carbons (Fsp3) is 0.125. The maximum Gasteiger partial charge on any atom is 0.268 e. The number of hydrogen-bond donors (Lipinski definition) is 0. The molecule has 3 nitrogen and oxygen atoms in total. The minimum absolute atomic E-state index is 0.0231. The monoisotopic (exact) mass is 353 g/mol. The molecule has 0 aliphatic heterocycles. The molecular formula is C16H13F2NO2S2. The number of fused-ring (bicyclic) bond motifs is 1. The summed E-state index contributed by atoms with van der Waals surface area (Å²) in [5.74, 6) is -2.24. The number of rotatable bonds is 3. The average Bonchev–Trinajstić information content (AvgIpc) is 2.97. The van der Waals surface area contributed by atoms with Gasteiger partial charge in [0, 0.05) is 16.5 Å². The zero-order chi connectivity index (χ0) is 16.8. The molecule has 1 heterocycles. The van der Waals surface area contributed by atoms with Gasteiger partial charge in [-0.05, 0) is 37.4 Å². The van der Waals surface area contributed by atoms with Crippen molar-refractivity contribution in [3.05, 3.63) is 59.8 Å². The molecule has 3 rings (SSSR count). The summed E-state index contributed by atoms with van der Waals surface area (Å²) < 4.78 is 54.3. The van der Waals surface area contributed by atoms with Gasteiger partial charge in [-0.1, -0.05) is 17.7 Å². The van der Waals surface area contributed by atoms with Crippen molar-refractivity contribution < 1.29 is 17.2 Å². The van der Waals surface area contributed by atoms with Gasteiger partial charge in [0.05, 0.1) is 4.90 Å². The first kappa shape index (κ1) is 16.0. The van der Waals surface area contributed by atoms with E-state index >= 15 is 0 Å². The van der Waals surface area contributed by atoms with Crippen molar-refractivity contribution in [3.63, 3.8) is 0 Å². The van der Waals surface area contributed by atoms with Gasteiger partial charge in [-0.3, -0.25) is 0 Å². The van der Waals surface area contributed by atoms with Gasteiger partial charge in [0.15, 0.2) is 11.6 Å². The number of benzene rings is 2. The zero-order valence-corrected chi connectivity index (χ0v) is 14.0. The van der Waals surface area contributed by atoms with E-state index in [1.165, 1.54) is 36.2 Å². The van der Waals surface area contributed by atoms with E-state index in [9.17, 15) is 17.2 Å². The van der Waals surface area contributed by atoms with Gasteiger partial charge in [0.2, 0.25) is 0 Å². The Morgan fingerprint density at radius 2 is 1.74 bits per heavy atom. The Hall–Kier alpha value is -1.86. The molecule has 0 aliphatic carbocycles. The van der Waals surface area contributed by atoms with Crippen molar-refractivity contribution >= 4 is 32.7 Å². The fourth-order valence-corrected chi connectivity index (χ4v) is 4.34. The Kier molecular flexibility index (Phi) is 3.93. The molecule has 0 unspecified atom stereocenters. The van der Waals surface area contributed by atoms with Crippen LogP contribution in [0.2, 0.25) is 0 Å². The lowest BCUT2D eigenvalue weighted by molar-refractivity contribution is 0.512. The maximum atomic E-state index is 14.2. The van der Waals surface area contributed by atoms with Crippen LogP contribution in [0.25, 0.3) is 10.9 Å². The second-order valence-electron chi connectivity index (χ2n) is 5.07. The van der Waals surface area contributed by atoms with Crippen LogP contribution in [0.3, 0.4) is 0 Å². The standard InChI is InChI=1S/C16H13F2NO2S2/c1-10-3-5-11(6-4-10)23(20,21)19-8-7-12-14(22-2)9-13(17)15(18)16(12)19/h3-9H,1-2H3. The summed E-state index contributed by atoms with van der Waals surface area (Å²) in [4.78, 5) is 0.506. The van der Waals surface area contributed by atoms with E-state index in [-0.39, 0.29) is 10.4 Å². The van der Waals surface area contributed by atoms with E-state index < -0.39 is 21.7 Å². The highest BCUT2D eigenvalue weighted by atomic mass is 32.2. The van der Waals surface area contributed by atoms with Crippen LogP contribution in [-0.4, -0.2) is 18.6 Å². The molecular weight excluding hydrogens is 340 g/mol. The second kappa shape index (κ2) is 5.65. The van der Waals surface area contributed by atoms with Crippen LogP contribution < -0.4 is 0 Å². The number of thioether (sulfide) groups is 1. The van der Waals surface area contributed by atoms with Crippen LogP contribution in [0.4, 0.5) is 8.78 Å². The predicted molar refractivity (Wildman–Crippen MR) is 87.4 cm³/mol. The van der Waals surface area contributed by atoms with E-state index in [0.29, 0.717) is 10.3 Å². The van der Waals surface area contributed by atoms with E-state index in [1.54, 1.807) is 18.4 Å². The van der Waals surface area contributed by atoms with Gasteiger partial charge >= 0.3 is 0 Å². The van der Waals surface area contributed by atoms with Gasteiger partial charge in [-0.15, -0.1) is 11.8 Å². The molecule has 0 bridgehead atoms. The Bertz CT molecular complexity index is 993. The first-order valence-corrected chi connectivity index (χ1v) is 9.38. The van der Waals surface area contributed by atoms with E-state index in [0.717, 1.165) is 15.6 Å². The van der Waals surface area contributed by atoms with Gasteiger partial charge in [0.1, 0.15) is 5.52 Å². The van der Waals surface area contributed by atoms with Crippen molar-refractivity contribution in [1.82, 2.24) is 3.97 Å². The number of nitrogens with zero attached hydrogens (tertiary/aromatic N) is 1. The summed E-state index contributed by atoms with van der Waals surface area (Å²) in [7, 11) is -4.00. The molecule has 120 valence electrons. The van der Waals surface area contributed by atoms with Crippen LogP contribution in [-0.2, 0) is 10.0 Å². The lowest BCUT2D eigenvalue weighted by Crippen LogP contribution is -2.13. The van der Waals surface area contributed by atoms with Crippen LogP contribution in [0.5, 0.6) is 0 Å². The molecule has 23 heavy (non-hydrogen) atoms. The summed E-state index contributed by atoms with van der Waals surface area (Å²) in [6, 6.07) is 8.76. The van der Waals surface area contributed by atoms with Crippen LogP contribution in [0, 0.1) is 18.6 Å². The van der Waals surface area contributed by atoms with Crippen molar-refractivity contribution in [2.24, 2.45) is 0 Å². The smallest absolute Gasteiger partial charge is 0.238 e. The molecule has 0 fully saturated rings. The number of aromatic nitrogens is 1. The summed E-state index contributed by atoms with van der Waals surface area (Å²) >= 11 is 1.23. The van der Waals surface area contributed by atoms with Crippen LogP contribution >= 0.6 is 11.8 Å². The van der Waals surface area contributed by atoms with Gasteiger partial charge in [-0.25, -0.2) is 21.2 Å². The first-order valence-electron chi connectivity index (χ1n) is 6.71. The minimum Gasteiger partial charge on any atom is -0.238 e. The van der Waals surface area contributed by atoms with E-state index in [2.05, 4.69) is 0 Å². The molecule has 0 saturated carbocycles.